The first-order chi connectivity index (χ1) is 13.8. The average Bonchev–Trinajstić information content (AvgIpc) is 2.97. The van der Waals surface area contributed by atoms with Crippen molar-refractivity contribution in [1.82, 2.24) is 14.8 Å². The van der Waals surface area contributed by atoms with E-state index in [-0.39, 0.29) is 16.9 Å². The number of aliphatic hydroxyl groups excluding tert-OH is 1. The first kappa shape index (κ1) is 20.8. The van der Waals surface area contributed by atoms with Gasteiger partial charge in [-0.05, 0) is 44.4 Å². The second-order valence-corrected chi connectivity index (χ2v) is 7.33. The van der Waals surface area contributed by atoms with Gasteiger partial charge < -0.3 is 19.6 Å². The Morgan fingerprint density at radius 3 is 2.66 bits per heavy atom. The van der Waals surface area contributed by atoms with Gasteiger partial charge in [-0.15, -0.1) is 0 Å². The second kappa shape index (κ2) is 8.63. The topological polar surface area (TPSA) is 83.0 Å². The summed E-state index contributed by atoms with van der Waals surface area (Å²) in [5.74, 6) is -1.44. The third kappa shape index (κ3) is 4.11. The molecule has 2 aromatic rings. The van der Waals surface area contributed by atoms with Gasteiger partial charge in [-0.3, -0.25) is 14.6 Å². The van der Waals surface area contributed by atoms with E-state index in [1.807, 2.05) is 19.0 Å². The van der Waals surface area contributed by atoms with Gasteiger partial charge in [0.15, 0.2) is 0 Å². The quantitative estimate of drug-likeness (QED) is 0.443. The van der Waals surface area contributed by atoms with Crippen LogP contribution in [0.15, 0.2) is 48.2 Å². The summed E-state index contributed by atoms with van der Waals surface area (Å²) in [5, 5.41) is 11.4. The number of ether oxygens (including phenoxy) is 1. The first-order valence-corrected chi connectivity index (χ1v) is 9.41. The van der Waals surface area contributed by atoms with E-state index < -0.39 is 17.7 Å². The predicted octanol–water partition coefficient (Wildman–Crippen LogP) is 2.73. The number of carbonyl (C=O) groups excluding carboxylic acids is 2. The van der Waals surface area contributed by atoms with Crippen LogP contribution in [0.4, 0.5) is 0 Å². The molecule has 0 spiro atoms. The van der Waals surface area contributed by atoms with Gasteiger partial charge in [0.1, 0.15) is 17.6 Å². The van der Waals surface area contributed by atoms with Crippen LogP contribution in [-0.2, 0) is 9.59 Å². The van der Waals surface area contributed by atoms with Crippen LogP contribution in [0, 0.1) is 0 Å². The van der Waals surface area contributed by atoms with Crippen LogP contribution in [0.2, 0.25) is 5.02 Å². The van der Waals surface area contributed by atoms with Crippen LogP contribution in [0.25, 0.3) is 5.76 Å². The minimum absolute atomic E-state index is 0.0342. The molecule has 0 saturated carbocycles. The highest BCUT2D eigenvalue weighted by molar-refractivity contribution is 6.46. The van der Waals surface area contributed by atoms with Crippen LogP contribution in [0.3, 0.4) is 0 Å². The number of benzene rings is 1. The number of aromatic nitrogens is 1. The van der Waals surface area contributed by atoms with E-state index in [9.17, 15) is 14.7 Å². The number of aliphatic hydroxyl groups is 1. The van der Waals surface area contributed by atoms with Gasteiger partial charge in [0, 0.05) is 24.3 Å². The van der Waals surface area contributed by atoms with Crippen molar-refractivity contribution >= 4 is 29.1 Å². The van der Waals surface area contributed by atoms with Gasteiger partial charge in [-0.2, -0.15) is 0 Å². The highest BCUT2D eigenvalue weighted by Gasteiger charge is 2.46. The fourth-order valence-electron chi connectivity index (χ4n) is 3.27. The Hall–Kier alpha value is -2.90. The van der Waals surface area contributed by atoms with Gasteiger partial charge in [-0.1, -0.05) is 17.7 Å². The largest absolute Gasteiger partial charge is 0.507 e. The Balaban J connectivity index is 2.19. The standard InChI is InChI=1S/C21H22ClN3O4/c1-24(2)10-11-25-18(15-6-4-5-9-23-15)17(20(27)21(25)28)19(26)14-12-13(22)7-8-16(14)29-3/h4-9,12,18,26H,10-11H2,1-3H3/b19-17+/t18-/m0/s1. The molecule has 8 heteroatoms. The zero-order valence-electron chi connectivity index (χ0n) is 16.4. The minimum Gasteiger partial charge on any atom is -0.507 e. The molecular weight excluding hydrogens is 394 g/mol. The van der Waals surface area contributed by atoms with Crippen molar-refractivity contribution in [3.05, 3.63) is 64.4 Å². The van der Waals surface area contributed by atoms with E-state index in [0.717, 1.165) is 0 Å². The van der Waals surface area contributed by atoms with E-state index >= 15 is 0 Å². The number of methoxy groups -OCH3 is 1. The molecule has 3 rings (SSSR count). The molecule has 1 fully saturated rings. The molecule has 1 atom stereocenters. The molecule has 1 aromatic heterocycles. The van der Waals surface area contributed by atoms with Crippen LogP contribution in [0.1, 0.15) is 17.3 Å². The summed E-state index contributed by atoms with van der Waals surface area (Å²) in [5.41, 5.74) is 0.701. The molecular formula is C21H22ClN3O4. The van der Waals surface area contributed by atoms with Crippen LogP contribution < -0.4 is 4.74 Å². The Morgan fingerprint density at radius 2 is 2.03 bits per heavy atom. The fraction of sp³-hybridized carbons (Fsp3) is 0.286. The van der Waals surface area contributed by atoms with Crippen molar-refractivity contribution in [3.63, 3.8) is 0 Å². The molecule has 0 radical (unpaired) electrons. The number of ketones is 1. The molecule has 1 aromatic carbocycles. The molecule has 1 amide bonds. The molecule has 1 N–H and O–H groups in total. The van der Waals surface area contributed by atoms with E-state index in [2.05, 4.69) is 4.98 Å². The van der Waals surface area contributed by atoms with E-state index in [0.29, 0.717) is 29.6 Å². The maximum Gasteiger partial charge on any atom is 0.295 e. The lowest BCUT2D eigenvalue weighted by Crippen LogP contribution is -2.35. The van der Waals surface area contributed by atoms with Crippen molar-refractivity contribution in [2.24, 2.45) is 0 Å². The van der Waals surface area contributed by atoms with Crippen molar-refractivity contribution < 1.29 is 19.4 Å². The van der Waals surface area contributed by atoms with E-state index in [4.69, 9.17) is 16.3 Å². The smallest absolute Gasteiger partial charge is 0.295 e. The number of pyridine rings is 1. The van der Waals surface area contributed by atoms with Crippen LogP contribution in [0.5, 0.6) is 5.75 Å². The van der Waals surface area contributed by atoms with Crippen molar-refractivity contribution in [2.75, 3.05) is 34.3 Å². The SMILES string of the molecule is COc1ccc(Cl)cc1/C(O)=C1\C(=O)C(=O)N(CCN(C)C)[C@H]1c1ccccn1. The molecule has 2 heterocycles. The zero-order valence-corrected chi connectivity index (χ0v) is 17.2. The fourth-order valence-corrected chi connectivity index (χ4v) is 3.45. The number of carbonyl (C=O) groups is 2. The summed E-state index contributed by atoms with van der Waals surface area (Å²) in [7, 11) is 5.21. The Morgan fingerprint density at radius 1 is 1.28 bits per heavy atom. The van der Waals surface area contributed by atoms with Crippen LogP contribution in [-0.4, -0.2) is 65.9 Å². The summed E-state index contributed by atoms with van der Waals surface area (Å²) in [6.45, 7) is 0.860. The zero-order chi connectivity index (χ0) is 21.1. The third-order valence-electron chi connectivity index (χ3n) is 4.71. The molecule has 1 aliphatic rings. The van der Waals surface area contributed by atoms with Crippen molar-refractivity contribution in [2.45, 2.75) is 6.04 Å². The lowest BCUT2D eigenvalue weighted by atomic mass is 9.98. The molecule has 152 valence electrons. The van der Waals surface area contributed by atoms with Gasteiger partial charge in [0.2, 0.25) is 0 Å². The number of likely N-dealkylation sites (tertiary alicyclic amines) is 1. The normalized spacial score (nSPS) is 18.5. The highest BCUT2D eigenvalue weighted by Crippen LogP contribution is 2.40. The number of rotatable bonds is 6. The van der Waals surface area contributed by atoms with Gasteiger partial charge in [0.05, 0.1) is 23.9 Å². The van der Waals surface area contributed by atoms with Gasteiger partial charge in [0.25, 0.3) is 11.7 Å². The number of hydrogen-bond donors (Lipinski definition) is 1. The number of Topliss-reactive ketones (excluding diaryl/α,β-unsaturated/α-hetero) is 1. The molecule has 0 unspecified atom stereocenters. The number of likely N-dealkylation sites (N-methyl/N-ethyl adjacent to an activating group) is 1. The Labute approximate surface area is 174 Å². The molecule has 7 nitrogen and oxygen atoms in total. The number of halogens is 1. The van der Waals surface area contributed by atoms with E-state index in [1.54, 1.807) is 36.5 Å². The summed E-state index contributed by atoms with van der Waals surface area (Å²) < 4.78 is 5.30. The number of nitrogens with zero attached hydrogens (tertiary/aromatic N) is 3. The maximum atomic E-state index is 12.9. The summed E-state index contributed by atoms with van der Waals surface area (Å²) in [6.07, 6.45) is 1.58. The Bertz CT molecular complexity index is 960. The minimum atomic E-state index is -0.806. The lowest BCUT2D eigenvalue weighted by molar-refractivity contribution is -0.140. The summed E-state index contributed by atoms with van der Waals surface area (Å²) in [4.78, 5) is 33.4. The lowest BCUT2D eigenvalue weighted by Gasteiger charge is -2.25. The predicted molar refractivity (Wildman–Crippen MR) is 110 cm³/mol. The van der Waals surface area contributed by atoms with Gasteiger partial charge >= 0.3 is 0 Å². The number of amides is 1. The molecule has 1 aliphatic heterocycles. The first-order valence-electron chi connectivity index (χ1n) is 9.03. The molecule has 1 saturated heterocycles. The Kier molecular flexibility index (Phi) is 6.20. The molecule has 0 bridgehead atoms. The highest BCUT2D eigenvalue weighted by atomic mass is 35.5. The summed E-state index contributed by atoms with van der Waals surface area (Å²) >= 11 is 6.09. The third-order valence-corrected chi connectivity index (χ3v) is 4.95. The summed E-state index contributed by atoms with van der Waals surface area (Å²) in [6, 6.07) is 9.14. The van der Waals surface area contributed by atoms with Crippen LogP contribution >= 0.6 is 11.6 Å². The second-order valence-electron chi connectivity index (χ2n) is 6.89. The van der Waals surface area contributed by atoms with Crippen molar-refractivity contribution in [3.8, 4) is 5.75 Å². The maximum absolute atomic E-state index is 12.9. The molecule has 0 aliphatic carbocycles. The number of hydrogen-bond acceptors (Lipinski definition) is 6. The monoisotopic (exact) mass is 415 g/mol. The van der Waals surface area contributed by atoms with Crippen molar-refractivity contribution in [1.29, 1.82) is 0 Å². The van der Waals surface area contributed by atoms with Gasteiger partial charge in [-0.25, -0.2) is 0 Å². The van der Waals surface area contributed by atoms with E-state index in [1.165, 1.54) is 18.1 Å². The average molecular weight is 416 g/mol. The molecule has 29 heavy (non-hydrogen) atoms.